The number of nitrogens with one attached hydrogen (secondary N) is 1. The number of aryl methyl sites for hydroxylation is 1. The lowest BCUT2D eigenvalue weighted by Crippen LogP contribution is -2.31. The maximum absolute atomic E-state index is 5.83. The van der Waals surface area contributed by atoms with Gasteiger partial charge in [0.1, 0.15) is 5.75 Å². The van der Waals surface area contributed by atoms with Gasteiger partial charge in [-0.1, -0.05) is 19.1 Å². The Labute approximate surface area is 123 Å². The minimum atomic E-state index is 0.501. The van der Waals surface area contributed by atoms with Crippen LogP contribution in [-0.4, -0.2) is 19.2 Å². The summed E-state index contributed by atoms with van der Waals surface area (Å²) < 4.78 is 5.83. The largest absolute Gasteiger partial charge is 0.494 e. The standard InChI is InChI=1S/C18H27NO/c1-4-6-7-10-17(19-13-5-2)12-14-20-18-11-8-9-16(3)15-18/h8-9,11,15,17,19H,5,7,10,12-14H2,1-3H3. The van der Waals surface area contributed by atoms with E-state index in [0.29, 0.717) is 6.04 Å². The molecular formula is C18H27NO. The third kappa shape index (κ3) is 7.21. The van der Waals surface area contributed by atoms with Crippen LogP contribution in [-0.2, 0) is 0 Å². The van der Waals surface area contributed by atoms with Crippen molar-refractivity contribution in [2.75, 3.05) is 13.2 Å². The monoisotopic (exact) mass is 273 g/mol. The molecule has 1 aromatic carbocycles. The van der Waals surface area contributed by atoms with Crippen LogP contribution in [0.5, 0.6) is 5.75 Å². The third-order valence-corrected chi connectivity index (χ3v) is 3.20. The summed E-state index contributed by atoms with van der Waals surface area (Å²) in [5, 5.41) is 3.58. The highest BCUT2D eigenvalue weighted by molar-refractivity contribution is 5.27. The number of hydrogen-bond donors (Lipinski definition) is 1. The summed E-state index contributed by atoms with van der Waals surface area (Å²) in [6.45, 7) is 8.00. The molecule has 0 spiro atoms. The first kappa shape index (κ1) is 16.6. The highest BCUT2D eigenvalue weighted by atomic mass is 16.5. The van der Waals surface area contributed by atoms with E-state index in [1.807, 2.05) is 19.1 Å². The Morgan fingerprint density at radius 1 is 1.30 bits per heavy atom. The number of rotatable bonds is 9. The molecule has 0 amide bonds. The van der Waals surface area contributed by atoms with Gasteiger partial charge in [0.05, 0.1) is 6.61 Å². The molecule has 110 valence electrons. The molecule has 0 saturated carbocycles. The molecule has 20 heavy (non-hydrogen) atoms. The molecule has 0 saturated heterocycles. The zero-order valence-corrected chi connectivity index (χ0v) is 13.0. The van der Waals surface area contributed by atoms with Crippen LogP contribution in [0.1, 0.15) is 45.1 Å². The molecule has 0 aliphatic rings. The molecular weight excluding hydrogens is 246 g/mol. The molecule has 0 radical (unpaired) electrons. The average molecular weight is 273 g/mol. The van der Waals surface area contributed by atoms with Crippen molar-refractivity contribution < 1.29 is 4.74 Å². The SMILES string of the molecule is CC#CCCC(CCOc1cccc(C)c1)NCCC. The number of hydrogen-bond acceptors (Lipinski definition) is 2. The van der Waals surface area contributed by atoms with E-state index < -0.39 is 0 Å². The van der Waals surface area contributed by atoms with Gasteiger partial charge in [-0.2, -0.15) is 0 Å². The highest BCUT2D eigenvalue weighted by Crippen LogP contribution is 2.13. The molecule has 1 aromatic rings. The quantitative estimate of drug-likeness (QED) is 0.688. The Kier molecular flexibility index (Phi) is 8.58. The van der Waals surface area contributed by atoms with E-state index in [1.54, 1.807) is 0 Å². The molecule has 1 unspecified atom stereocenters. The van der Waals surface area contributed by atoms with Crippen LogP contribution in [0, 0.1) is 18.8 Å². The Bertz CT molecular complexity index is 431. The Balaban J connectivity index is 2.34. The van der Waals surface area contributed by atoms with Crippen LogP contribution < -0.4 is 10.1 Å². The van der Waals surface area contributed by atoms with E-state index >= 15 is 0 Å². The second-order valence-corrected chi connectivity index (χ2v) is 5.07. The zero-order chi connectivity index (χ0) is 14.6. The van der Waals surface area contributed by atoms with Crippen molar-refractivity contribution >= 4 is 0 Å². The topological polar surface area (TPSA) is 21.3 Å². The summed E-state index contributed by atoms with van der Waals surface area (Å²) in [6, 6.07) is 8.72. The molecule has 2 nitrogen and oxygen atoms in total. The second-order valence-electron chi connectivity index (χ2n) is 5.07. The Hall–Kier alpha value is -1.46. The third-order valence-electron chi connectivity index (χ3n) is 3.20. The average Bonchev–Trinajstić information content (AvgIpc) is 2.44. The predicted molar refractivity (Wildman–Crippen MR) is 86.1 cm³/mol. The van der Waals surface area contributed by atoms with Gasteiger partial charge in [-0.05, 0) is 57.4 Å². The van der Waals surface area contributed by atoms with Crippen LogP contribution >= 0.6 is 0 Å². The van der Waals surface area contributed by atoms with Gasteiger partial charge in [-0.25, -0.2) is 0 Å². The van der Waals surface area contributed by atoms with Crippen LogP contribution in [0.25, 0.3) is 0 Å². The van der Waals surface area contributed by atoms with Crippen molar-refractivity contribution in [3.8, 4) is 17.6 Å². The summed E-state index contributed by atoms with van der Waals surface area (Å²) in [7, 11) is 0. The first-order valence-corrected chi connectivity index (χ1v) is 7.58. The summed E-state index contributed by atoms with van der Waals surface area (Å²) in [5.41, 5.74) is 1.24. The van der Waals surface area contributed by atoms with E-state index in [9.17, 15) is 0 Å². The van der Waals surface area contributed by atoms with Crippen molar-refractivity contribution in [2.45, 2.75) is 52.5 Å². The maximum atomic E-state index is 5.83. The fourth-order valence-corrected chi connectivity index (χ4v) is 2.09. The van der Waals surface area contributed by atoms with Gasteiger partial charge in [-0.15, -0.1) is 11.8 Å². The van der Waals surface area contributed by atoms with E-state index in [1.165, 1.54) is 5.56 Å². The predicted octanol–water partition coefficient (Wildman–Crippen LogP) is 3.94. The summed E-state index contributed by atoms with van der Waals surface area (Å²) in [4.78, 5) is 0. The fraction of sp³-hybridized carbons (Fsp3) is 0.556. The lowest BCUT2D eigenvalue weighted by molar-refractivity contribution is 0.281. The first-order valence-electron chi connectivity index (χ1n) is 7.58. The van der Waals surface area contributed by atoms with Gasteiger partial charge in [0, 0.05) is 12.5 Å². The highest BCUT2D eigenvalue weighted by Gasteiger charge is 2.07. The molecule has 1 N–H and O–H groups in total. The van der Waals surface area contributed by atoms with E-state index in [-0.39, 0.29) is 0 Å². The summed E-state index contributed by atoms with van der Waals surface area (Å²) in [5.74, 6) is 7.06. The van der Waals surface area contributed by atoms with Crippen molar-refractivity contribution in [1.29, 1.82) is 0 Å². The van der Waals surface area contributed by atoms with Gasteiger partial charge >= 0.3 is 0 Å². The van der Waals surface area contributed by atoms with Gasteiger partial charge in [0.25, 0.3) is 0 Å². The summed E-state index contributed by atoms with van der Waals surface area (Å²) >= 11 is 0. The second kappa shape index (κ2) is 10.3. The van der Waals surface area contributed by atoms with Gasteiger partial charge in [-0.3, -0.25) is 0 Å². The molecule has 0 aromatic heterocycles. The lowest BCUT2D eigenvalue weighted by Gasteiger charge is -2.17. The maximum Gasteiger partial charge on any atom is 0.119 e. The van der Waals surface area contributed by atoms with Crippen molar-refractivity contribution in [1.82, 2.24) is 5.32 Å². The minimum absolute atomic E-state index is 0.501. The smallest absolute Gasteiger partial charge is 0.119 e. The van der Waals surface area contributed by atoms with Crippen LogP contribution in [0.15, 0.2) is 24.3 Å². The number of ether oxygens (including phenoxy) is 1. The van der Waals surface area contributed by atoms with Crippen molar-refractivity contribution in [3.05, 3.63) is 29.8 Å². The van der Waals surface area contributed by atoms with Crippen LogP contribution in [0.2, 0.25) is 0 Å². The molecule has 1 rings (SSSR count). The molecule has 1 atom stereocenters. The lowest BCUT2D eigenvalue weighted by atomic mass is 10.1. The van der Waals surface area contributed by atoms with Gasteiger partial charge in [0.2, 0.25) is 0 Å². The normalized spacial score (nSPS) is 11.6. The van der Waals surface area contributed by atoms with Gasteiger partial charge < -0.3 is 10.1 Å². The zero-order valence-electron chi connectivity index (χ0n) is 13.0. The molecule has 0 aliphatic carbocycles. The fourth-order valence-electron chi connectivity index (χ4n) is 2.09. The van der Waals surface area contributed by atoms with Crippen LogP contribution in [0.3, 0.4) is 0 Å². The number of benzene rings is 1. The Morgan fingerprint density at radius 3 is 2.85 bits per heavy atom. The van der Waals surface area contributed by atoms with E-state index in [2.05, 4.69) is 43.1 Å². The Morgan fingerprint density at radius 2 is 2.15 bits per heavy atom. The molecule has 0 aliphatic heterocycles. The van der Waals surface area contributed by atoms with Crippen molar-refractivity contribution in [2.24, 2.45) is 0 Å². The first-order chi connectivity index (χ1) is 9.76. The molecule has 0 bridgehead atoms. The molecule has 0 fully saturated rings. The molecule has 0 heterocycles. The van der Waals surface area contributed by atoms with Crippen LogP contribution in [0.4, 0.5) is 0 Å². The van der Waals surface area contributed by atoms with E-state index in [4.69, 9.17) is 4.74 Å². The van der Waals surface area contributed by atoms with E-state index in [0.717, 1.165) is 44.6 Å². The molecule has 2 heteroatoms. The summed E-state index contributed by atoms with van der Waals surface area (Å²) in [6.07, 6.45) is 4.24. The van der Waals surface area contributed by atoms with Crippen molar-refractivity contribution in [3.63, 3.8) is 0 Å². The van der Waals surface area contributed by atoms with Gasteiger partial charge in [0.15, 0.2) is 0 Å². The minimum Gasteiger partial charge on any atom is -0.494 e.